The van der Waals surface area contributed by atoms with Crippen molar-refractivity contribution in [2.75, 3.05) is 33.2 Å². The standard InChI is InChI=1S/C20H20ClF2N3O2S.2ClH/c1-24-6-8-25(9-7-24)12-14-2-4-19-16(10-14)17(21)13-26(19)29(27,28)20-5-3-15(22)11-18(20)23;;/h2-5,10-11,13H,6-9,12H2,1H3;2*1H. The first-order valence-corrected chi connectivity index (χ1v) is 11.0. The van der Waals surface area contributed by atoms with Crippen LogP contribution >= 0.6 is 36.4 Å². The lowest BCUT2D eigenvalue weighted by atomic mass is 10.1. The Bertz CT molecular complexity index is 1180. The molecule has 31 heavy (non-hydrogen) atoms. The number of likely N-dealkylation sites (N-methyl/N-ethyl adjacent to an activating group) is 1. The van der Waals surface area contributed by atoms with Crippen molar-refractivity contribution in [2.24, 2.45) is 0 Å². The summed E-state index contributed by atoms with van der Waals surface area (Å²) in [6, 6.07) is 7.77. The zero-order valence-corrected chi connectivity index (χ0v) is 19.8. The second kappa shape index (κ2) is 10.0. The fourth-order valence-electron chi connectivity index (χ4n) is 3.56. The predicted molar refractivity (Wildman–Crippen MR) is 123 cm³/mol. The summed E-state index contributed by atoms with van der Waals surface area (Å²) in [7, 11) is -2.17. The molecule has 170 valence electrons. The van der Waals surface area contributed by atoms with Gasteiger partial charge in [0, 0.05) is 50.4 Å². The van der Waals surface area contributed by atoms with Crippen molar-refractivity contribution in [1.82, 2.24) is 13.8 Å². The van der Waals surface area contributed by atoms with Gasteiger partial charge in [-0.2, -0.15) is 0 Å². The Labute approximate surface area is 197 Å². The minimum Gasteiger partial charge on any atom is -0.304 e. The molecule has 1 aliphatic heterocycles. The van der Waals surface area contributed by atoms with Gasteiger partial charge < -0.3 is 4.90 Å². The summed E-state index contributed by atoms with van der Waals surface area (Å²) in [5.41, 5.74) is 1.37. The van der Waals surface area contributed by atoms with Crippen LogP contribution in [0.1, 0.15) is 5.56 Å². The second-order valence-electron chi connectivity index (χ2n) is 7.28. The van der Waals surface area contributed by atoms with Crippen LogP contribution in [0.5, 0.6) is 0 Å². The van der Waals surface area contributed by atoms with Gasteiger partial charge in [-0.3, -0.25) is 4.90 Å². The Morgan fingerprint density at radius 2 is 1.68 bits per heavy atom. The summed E-state index contributed by atoms with van der Waals surface area (Å²) < 4.78 is 54.2. The van der Waals surface area contributed by atoms with E-state index in [0.29, 0.717) is 17.0 Å². The van der Waals surface area contributed by atoms with Crippen LogP contribution in [0.15, 0.2) is 47.5 Å². The van der Waals surface area contributed by atoms with E-state index in [2.05, 4.69) is 16.8 Å². The van der Waals surface area contributed by atoms with Crippen LogP contribution in [0, 0.1) is 11.6 Å². The predicted octanol–water partition coefficient (Wildman–Crippen LogP) is 4.40. The van der Waals surface area contributed by atoms with Crippen molar-refractivity contribution in [3.63, 3.8) is 0 Å². The topological polar surface area (TPSA) is 45.5 Å². The van der Waals surface area contributed by atoms with Crippen LogP contribution in [-0.4, -0.2) is 55.4 Å². The molecule has 5 nitrogen and oxygen atoms in total. The quantitative estimate of drug-likeness (QED) is 0.520. The van der Waals surface area contributed by atoms with Crippen molar-refractivity contribution < 1.29 is 17.2 Å². The number of halogens is 5. The maximum absolute atomic E-state index is 14.1. The molecule has 1 aromatic heterocycles. The SMILES string of the molecule is CN1CCN(Cc2ccc3c(c2)c(Cl)cn3S(=O)(=O)c2ccc(F)cc2F)CC1.Cl.Cl. The molecule has 0 amide bonds. The third-order valence-electron chi connectivity index (χ3n) is 5.22. The first-order chi connectivity index (χ1) is 13.8. The summed E-state index contributed by atoms with van der Waals surface area (Å²) in [4.78, 5) is 4.00. The zero-order chi connectivity index (χ0) is 20.8. The average molecular weight is 513 g/mol. The molecular formula is C20H22Cl3F2N3O2S. The number of aromatic nitrogens is 1. The van der Waals surface area contributed by atoms with Gasteiger partial charge in [0.15, 0.2) is 0 Å². The molecule has 1 saturated heterocycles. The highest BCUT2D eigenvalue weighted by molar-refractivity contribution is 7.90. The van der Waals surface area contributed by atoms with Gasteiger partial charge >= 0.3 is 0 Å². The second-order valence-corrected chi connectivity index (χ2v) is 9.47. The van der Waals surface area contributed by atoms with E-state index in [9.17, 15) is 17.2 Å². The van der Waals surface area contributed by atoms with E-state index >= 15 is 0 Å². The zero-order valence-electron chi connectivity index (χ0n) is 16.6. The normalized spacial score (nSPS) is 15.5. The molecule has 0 unspecified atom stereocenters. The van der Waals surface area contributed by atoms with Crippen LogP contribution in [-0.2, 0) is 16.6 Å². The molecule has 1 aliphatic rings. The van der Waals surface area contributed by atoms with E-state index in [1.54, 1.807) is 6.07 Å². The Morgan fingerprint density at radius 1 is 1.00 bits per heavy atom. The molecule has 0 N–H and O–H groups in total. The molecular weight excluding hydrogens is 491 g/mol. The Balaban J connectivity index is 0.00000171. The first-order valence-electron chi connectivity index (χ1n) is 9.17. The highest BCUT2D eigenvalue weighted by Crippen LogP contribution is 2.31. The third-order valence-corrected chi connectivity index (χ3v) is 7.23. The van der Waals surface area contributed by atoms with Gasteiger partial charge in [0.1, 0.15) is 16.5 Å². The number of hydrogen-bond acceptors (Lipinski definition) is 4. The monoisotopic (exact) mass is 511 g/mol. The smallest absolute Gasteiger partial charge is 0.271 e. The van der Waals surface area contributed by atoms with E-state index in [1.165, 1.54) is 6.20 Å². The maximum atomic E-state index is 14.1. The van der Waals surface area contributed by atoms with E-state index in [-0.39, 0.29) is 29.8 Å². The van der Waals surface area contributed by atoms with Gasteiger partial charge in [-0.25, -0.2) is 21.2 Å². The van der Waals surface area contributed by atoms with Crippen LogP contribution in [0.4, 0.5) is 8.78 Å². The third kappa shape index (κ3) is 5.16. The summed E-state index contributed by atoms with van der Waals surface area (Å²) in [6.45, 7) is 4.66. The number of piperazine rings is 1. The fourth-order valence-corrected chi connectivity index (χ4v) is 5.29. The van der Waals surface area contributed by atoms with Crippen molar-refractivity contribution in [1.29, 1.82) is 0 Å². The van der Waals surface area contributed by atoms with Crippen molar-refractivity contribution in [3.05, 3.63) is 64.8 Å². The molecule has 2 aromatic carbocycles. The van der Waals surface area contributed by atoms with Gasteiger partial charge in [-0.15, -0.1) is 24.8 Å². The average Bonchev–Trinajstić information content (AvgIpc) is 3.00. The van der Waals surface area contributed by atoms with Crippen molar-refractivity contribution >= 4 is 57.3 Å². The van der Waals surface area contributed by atoms with Gasteiger partial charge in [0.05, 0.1) is 10.5 Å². The highest BCUT2D eigenvalue weighted by Gasteiger charge is 2.25. The molecule has 11 heteroatoms. The highest BCUT2D eigenvalue weighted by atomic mass is 35.5. The van der Waals surface area contributed by atoms with Crippen LogP contribution in [0.25, 0.3) is 10.9 Å². The maximum Gasteiger partial charge on any atom is 0.271 e. The molecule has 0 aliphatic carbocycles. The molecule has 0 saturated carbocycles. The lowest BCUT2D eigenvalue weighted by Gasteiger charge is -2.32. The van der Waals surface area contributed by atoms with Gasteiger partial charge in [0.2, 0.25) is 0 Å². The Kier molecular flexibility index (Phi) is 8.35. The van der Waals surface area contributed by atoms with Gasteiger partial charge in [-0.05, 0) is 36.9 Å². The van der Waals surface area contributed by atoms with E-state index in [1.807, 2.05) is 12.1 Å². The van der Waals surface area contributed by atoms with Crippen molar-refractivity contribution in [2.45, 2.75) is 11.4 Å². The minimum atomic E-state index is -4.26. The molecule has 0 bridgehead atoms. The first kappa shape index (κ1) is 25.8. The lowest BCUT2D eigenvalue weighted by Crippen LogP contribution is -2.43. The van der Waals surface area contributed by atoms with Crippen molar-refractivity contribution in [3.8, 4) is 0 Å². The minimum absolute atomic E-state index is 0. The summed E-state index contributed by atoms with van der Waals surface area (Å²) >= 11 is 6.31. The lowest BCUT2D eigenvalue weighted by molar-refractivity contribution is 0.148. The molecule has 1 fully saturated rings. The number of benzene rings is 2. The summed E-state index contributed by atoms with van der Waals surface area (Å²) in [5.74, 6) is -1.99. The van der Waals surface area contributed by atoms with E-state index < -0.39 is 26.6 Å². The molecule has 2 heterocycles. The van der Waals surface area contributed by atoms with Gasteiger partial charge in [0.25, 0.3) is 10.0 Å². The van der Waals surface area contributed by atoms with Gasteiger partial charge in [-0.1, -0.05) is 17.7 Å². The molecule has 0 atom stereocenters. The number of nitrogens with zero attached hydrogens (tertiary/aromatic N) is 3. The summed E-state index contributed by atoms with van der Waals surface area (Å²) in [5, 5.41) is 0.829. The Hall–Kier alpha value is -1.42. The molecule has 0 spiro atoms. The fraction of sp³-hybridized carbons (Fsp3) is 0.300. The number of rotatable bonds is 4. The van der Waals surface area contributed by atoms with Crippen LogP contribution in [0.2, 0.25) is 5.02 Å². The number of hydrogen-bond donors (Lipinski definition) is 0. The molecule has 0 radical (unpaired) electrons. The van der Waals surface area contributed by atoms with E-state index in [0.717, 1.165) is 54.4 Å². The Morgan fingerprint density at radius 3 is 2.32 bits per heavy atom. The van der Waals surface area contributed by atoms with Crippen LogP contribution < -0.4 is 0 Å². The molecule has 3 aromatic rings. The number of fused-ring (bicyclic) bond motifs is 1. The van der Waals surface area contributed by atoms with E-state index in [4.69, 9.17) is 11.6 Å². The largest absolute Gasteiger partial charge is 0.304 e. The molecule has 4 rings (SSSR count). The summed E-state index contributed by atoms with van der Waals surface area (Å²) in [6.07, 6.45) is 1.25. The van der Waals surface area contributed by atoms with Crippen LogP contribution in [0.3, 0.4) is 0 Å².